The number of rotatable bonds is 4. The third-order valence-electron chi connectivity index (χ3n) is 3.09. The average Bonchev–Trinajstić information content (AvgIpc) is 2.25. The predicted octanol–water partition coefficient (Wildman–Crippen LogP) is 1.86. The van der Waals surface area contributed by atoms with Gasteiger partial charge in [-0.3, -0.25) is 0 Å². The van der Waals surface area contributed by atoms with E-state index in [4.69, 9.17) is 0 Å². The molecule has 0 radical (unpaired) electrons. The van der Waals surface area contributed by atoms with Gasteiger partial charge in [0.2, 0.25) is 0 Å². The van der Waals surface area contributed by atoms with Gasteiger partial charge in [0.1, 0.15) is 0 Å². The van der Waals surface area contributed by atoms with Crippen molar-refractivity contribution in [2.75, 3.05) is 39.5 Å². The Kier molecular flexibility index (Phi) is 5.79. The summed E-state index contributed by atoms with van der Waals surface area (Å²) in [5, 5.41) is 3.09. The summed E-state index contributed by atoms with van der Waals surface area (Å²) < 4.78 is 0.183. The van der Waals surface area contributed by atoms with Gasteiger partial charge in [-0.05, 0) is 47.8 Å². The first-order valence-electron chi connectivity index (χ1n) is 6.64. The number of hydrogen-bond acceptors (Lipinski definition) is 3. The van der Waals surface area contributed by atoms with Gasteiger partial charge in [0.15, 0.2) is 0 Å². The van der Waals surface area contributed by atoms with E-state index < -0.39 is 0 Å². The van der Waals surface area contributed by atoms with Crippen LogP contribution in [0.5, 0.6) is 0 Å². The van der Waals surface area contributed by atoms with E-state index in [1.807, 2.05) is 16.7 Å². The van der Waals surface area contributed by atoms with Crippen molar-refractivity contribution in [3.63, 3.8) is 0 Å². The molecule has 2 amide bonds. The Bertz CT molecular complexity index is 281. The molecule has 0 spiro atoms. The fraction of sp³-hybridized carbons (Fsp3) is 0.923. The van der Waals surface area contributed by atoms with Crippen molar-refractivity contribution in [3.05, 3.63) is 0 Å². The van der Waals surface area contributed by atoms with Crippen LogP contribution in [-0.4, -0.2) is 66.1 Å². The van der Waals surface area contributed by atoms with Crippen molar-refractivity contribution in [3.8, 4) is 0 Å². The lowest BCUT2D eigenvalue weighted by molar-refractivity contribution is 0.190. The topological polar surface area (TPSA) is 35.6 Å². The van der Waals surface area contributed by atoms with Crippen LogP contribution in [0.3, 0.4) is 0 Å². The number of urea groups is 1. The smallest absolute Gasteiger partial charge is 0.317 e. The minimum absolute atomic E-state index is 0.0923. The number of amides is 2. The normalized spacial score (nSPS) is 20.9. The van der Waals surface area contributed by atoms with E-state index in [-0.39, 0.29) is 16.8 Å². The summed E-state index contributed by atoms with van der Waals surface area (Å²) in [7, 11) is 4.11. The van der Waals surface area contributed by atoms with Crippen molar-refractivity contribution in [1.29, 1.82) is 0 Å². The van der Waals surface area contributed by atoms with Crippen LogP contribution in [0.4, 0.5) is 4.79 Å². The van der Waals surface area contributed by atoms with Crippen LogP contribution < -0.4 is 5.32 Å². The Balaban J connectivity index is 2.35. The van der Waals surface area contributed by atoms with Crippen molar-refractivity contribution in [1.82, 2.24) is 15.1 Å². The highest BCUT2D eigenvalue weighted by Crippen LogP contribution is 2.29. The van der Waals surface area contributed by atoms with E-state index >= 15 is 0 Å². The molecular weight excluding hydrogens is 246 g/mol. The molecule has 1 heterocycles. The lowest BCUT2D eigenvalue weighted by Crippen LogP contribution is -2.52. The van der Waals surface area contributed by atoms with E-state index in [0.717, 1.165) is 31.8 Å². The van der Waals surface area contributed by atoms with E-state index in [9.17, 15) is 4.79 Å². The Labute approximate surface area is 115 Å². The Morgan fingerprint density at radius 3 is 2.72 bits per heavy atom. The standard InChI is InChI=1S/C13H27N3OS/c1-11(6-7-15(4)5)14-12(17)16-8-9-18-13(2,3)10-16/h11H,6-10H2,1-5H3,(H,14,17). The zero-order chi connectivity index (χ0) is 13.8. The molecule has 1 saturated heterocycles. The molecule has 1 rings (SSSR count). The van der Waals surface area contributed by atoms with Gasteiger partial charge in [0.25, 0.3) is 0 Å². The van der Waals surface area contributed by atoms with Gasteiger partial charge >= 0.3 is 6.03 Å². The van der Waals surface area contributed by atoms with Gasteiger partial charge in [-0.1, -0.05) is 0 Å². The molecule has 4 nitrogen and oxygen atoms in total. The quantitative estimate of drug-likeness (QED) is 0.849. The number of carbonyl (C=O) groups excluding carboxylic acids is 1. The molecule has 0 aromatic rings. The van der Waals surface area contributed by atoms with Gasteiger partial charge in [-0.2, -0.15) is 11.8 Å². The highest BCUT2D eigenvalue weighted by Gasteiger charge is 2.29. The first kappa shape index (κ1) is 15.6. The molecule has 0 aromatic carbocycles. The first-order valence-corrected chi connectivity index (χ1v) is 7.63. The van der Waals surface area contributed by atoms with Crippen LogP contribution in [-0.2, 0) is 0 Å². The second-order valence-electron chi connectivity index (χ2n) is 5.97. The summed E-state index contributed by atoms with van der Waals surface area (Å²) in [5.41, 5.74) is 0. The highest BCUT2D eigenvalue weighted by atomic mass is 32.2. The Morgan fingerprint density at radius 2 is 2.17 bits per heavy atom. The molecule has 18 heavy (non-hydrogen) atoms. The summed E-state index contributed by atoms with van der Waals surface area (Å²) in [5.74, 6) is 1.03. The van der Waals surface area contributed by atoms with Crippen LogP contribution >= 0.6 is 11.8 Å². The average molecular weight is 273 g/mol. The second-order valence-corrected chi connectivity index (χ2v) is 7.77. The molecular formula is C13H27N3OS. The summed E-state index contributed by atoms with van der Waals surface area (Å²) >= 11 is 1.95. The van der Waals surface area contributed by atoms with Crippen molar-refractivity contribution < 1.29 is 4.79 Å². The zero-order valence-corrected chi connectivity index (χ0v) is 13.1. The van der Waals surface area contributed by atoms with E-state index in [0.29, 0.717) is 0 Å². The maximum atomic E-state index is 12.1. The summed E-state index contributed by atoms with van der Waals surface area (Å²) in [6.45, 7) is 9.18. The Morgan fingerprint density at radius 1 is 1.50 bits per heavy atom. The zero-order valence-electron chi connectivity index (χ0n) is 12.3. The van der Waals surface area contributed by atoms with Gasteiger partial charge in [0.05, 0.1) is 0 Å². The highest BCUT2D eigenvalue weighted by molar-refractivity contribution is 8.00. The second kappa shape index (κ2) is 6.66. The van der Waals surface area contributed by atoms with Crippen molar-refractivity contribution >= 4 is 17.8 Å². The number of hydrogen-bond donors (Lipinski definition) is 1. The molecule has 1 aliphatic heterocycles. The van der Waals surface area contributed by atoms with Crippen molar-refractivity contribution in [2.45, 2.75) is 38.0 Å². The van der Waals surface area contributed by atoms with Gasteiger partial charge in [0, 0.05) is 29.6 Å². The predicted molar refractivity (Wildman–Crippen MR) is 79.3 cm³/mol. The number of nitrogens with zero attached hydrogens (tertiary/aromatic N) is 2. The van der Waals surface area contributed by atoms with E-state index in [2.05, 4.69) is 45.1 Å². The van der Waals surface area contributed by atoms with Crippen LogP contribution in [0.25, 0.3) is 0 Å². The molecule has 5 heteroatoms. The van der Waals surface area contributed by atoms with Gasteiger partial charge in [-0.25, -0.2) is 4.79 Å². The van der Waals surface area contributed by atoms with Gasteiger partial charge in [-0.15, -0.1) is 0 Å². The number of nitrogens with one attached hydrogen (secondary N) is 1. The van der Waals surface area contributed by atoms with E-state index in [1.54, 1.807) is 0 Å². The molecule has 0 aromatic heterocycles. The summed E-state index contributed by atoms with van der Waals surface area (Å²) in [4.78, 5) is 16.2. The fourth-order valence-corrected chi connectivity index (χ4v) is 3.13. The van der Waals surface area contributed by atoms with Crippen LogP contribution in [0, 0.1) is 0 Å². The van der Waals surface area contributed by atoms with Crippen LogP contribution in [0.15, 0.2) is 0 Å². The molecule has 0 bridgehead atoms. The number of thioether (sulfide) groups is 1. The Hall–Kier alpha value is -0.420. The van der Waals surface area contributed by atoms with Crippen LogP contribution in [0.1, 0.15) is 27.2 Å². The lowest BCUT2D eigenvalue weighted by Gasteiger charge is -2.38. The third kappa shape index (κ3) is 5.48. The lowest BCUT2D eigenvalue weighted by atomic mass is 10.2. The molecule has 106 valence electrons. The summed E-state index contributed by atoms with van der Waals surface area (Å²) in [6.07, 6.45) is 0.991. The first-order chi connectivity index (χ1) is 8.30. The van der Waals surface area contributed by atoms with E-state index in [1.165, 1.54) is 0 Å². The monoisotopic (exact) mass is 273 g/mol. The fourth-order valence-electron chi connectivity index (χ4n) is 2.02. The molecule has 1 aliphatic rings. The maximum absolute atomic E-state index is 12.1. The SMILES string of the molecule is CC(CCN(C)C)NC(=O)N1CCSC(C)(C)C1. The minimum Gasteiger partial charge on any atom is -0.335 e. The third-order valence-corrected chi connectivity index (χ3v) is 4.39. The molecule has 1 fully saturated rings. The largest absolute Gasteiger partial charge is 0.335 e. The van der Waals surface area contributed by atoms with Crippen LogP contribution in [0.2, 0.25) is 0 Å². The molecule has 1 unspecified atom stereocenters. The molecule has 1 N–H and O–H groups in total. The molecule has 0 saturated carbocycles. The van der Waals surface area contributed by atoms with Gasteiger partial charge < -0.3 is 15.1 Å². The summed E-state index contributed by atoms with van der Waals surface area (Å²) in [6, 6.07) is 0.326. The van der Waals surface area contributed by atoms with Crippen molar-refractivity contribution in [2.24, 2.45) is 0 Å². The molecule has 1 atom stereocenters. The minimum atomic E-state index is 0.0923. The maximum Gasteiger partial charge on any atom is 0.317 e. The molecule has 0 aliphatic carbocycles. The number of carbonyl (C=O) groups is 1.